The van der Waals surface area contributed by atoms with E-state index in [4.69, 9.17) is 0 Å². The van der Waals surface area contributed by atoms with E-state index < -0.39 is 5.54 Å². The van der Waals surface area contributed by atoms with Gasteiger partial charge in [0.15, 0.2) is 5.13 Å². The van der Waals surface area contributed by atoms with E-state index in [2.05, 4.69) is 33.7 Å². The van der Waals surface area contributed by atoms with Gasteiger partial charge in [-0.2, -0.15) is 5.10 Å². The number of hydrogen-bond acceptors (Lipinski definition) is 5. The molecule has 1 aliphatic rings. The average Bonchev–Trinajstić information content (AvgIpc) is 3.24. The molecule has 132 valence electrons. The van der Waals surface area contributed by atoms with Gasteiger partial charge in [0.1, 0.15) is 5.54 Å². The highest BCUT2D eigenvalue weighted by atomic mass is 35.5. The minimum atomic E-state index is -0.650. The van der Waals surface area contributed by atoms with E-state index in [0.29, 0.717) is 18.0 Å². The van der Waals surface area contributed by atoms with E-state index in [1.807, 2.05) is 24.4 Å². The van der Waals surface area contributed by atoms with Crippen molar-refractivity contribution in [1.29, 1.82) is 0 Å². The molecule has 0 atom stereocenters. The van der Waals surface area contributed by atoms with Crippen LogP contribution in [0.3, 0.4) is 0 Å². The SMILES string of the molecule is Cc1ccc2nc(NC(=O)C3(n4cccn4)CCNCC3)sc2c1.Cl. The Labute approximate surface area is 156 Å². The number of thiazole rings is 1. The molecule has 0 radical (unpaired) electrons. The number of aryl methyl sites for hydroxylation is 1. The quantitative estimate of drug-likeness (QED) is 0.736. The number of carbonyl (C=O) groups excluding carboxylic acids is 1. The minimum absolute atomic E-state index is 0. The summed E-state index contributed by atoms with van der Waals surface area (Å²) in [5.41, 5.74) is 1.46. The van der Waals surface area contributed by atoms with Crippen molar-refractivity contribution in [3.8, 4) is 0 Å². The lowest BCUT2D eigenvalue weighted by Gasteiger charge is -2.36. The van der Waals surface area contributed by atoms with Crippen LogP contribution in [0.5, 0.6) is 0 Å². The molecule has 0 bridgehead atoms. The first kappa shape index (κ1) is 17.8. The molecule has 1 amide bonds. The molecule has 1 saturated heterocycles. The zero-order valence-corrected chi connectivity index (χ0v) is 15.5. The van der Waals surface area contributed by atoms with Crippen LogP contribution in [0, 0.1) is 6.92 Å². The molecule has 0 unspecified atom stereocenters. The third-order valence-corrected chi connectivity index (χ3v) is 5.49. The molecule has 2 aromatic heterocycles. The summed E-state index contributed by atoms with van der Waals surface area (Å²) in [5, 5.41) is 11.3. The fraction of sp³-hybridized carbons (Fsp3) is 0.353. The molecule has 3 heterocycles. The second-order valence-corrected chi connectivity index (χ2v) is 7.21. The predicted octanol–water partition coefficient (Wildman–Crippen LogP) is 2.94. The fourth-order valence-corrected chi connectivity index (χ4v) is 4.18. The van der Waals surface area contributed by atoms with Gasteiger partial charge in [-0.25, -0.2) is 4.98 Å². The Morgan fingerprint density at radius 2 is 2.16 bits per heavy atom. The third kappa shape index (κ3) is 3.27. The van der Waals surface area contributed by atoms with Gasteiger partial charge in [0.2, 0.25) is 0 Å². The van der Waals surface area contributed by atoms with E-state index in [1.165, 1.54) is 16.9 Å². The third-order valence-electron chi connectivity index (χ3n) is 4.56. The zero-order chi connectivity index (χ0) is 16.6. The van der Waals surface area contributed by atoms with Crippen LogP contribution in [0.15, 0.2) is 36.7 Å². The number of hydrogen-bond donors (Lipinski definition) is 2. The summed E-state index contributed by atoms with van der Waals surface area (Å²) >= 11 is 1.51. The zero-order valence-electron chi connectivity index (χ0n) is 13.9. The molecule has 0 spiro atoms. The Morgan fingerprint density at radius 1 is 1.36 bits per heavy atom. The van der Waals surface area contributed by atoms with Crippen molar-refractivity contribution >= 4 is 45.0 Å². The smallest absolute Gasteiger partial charge is 0.254 e. The first-order chi connectivity index (χ1) is 11.7. The molecule has 4 rings (SSSR count). The molecule has 1 aromatic carbocycles. The van der Waals surface area contributed by atoms with Crippen molar-refractivity contribution in [3.63, 3.8) is 0 Å². The highest BCUT2D eigenvalue weighted by Crippen LogP contribution is 2.31. The van der Waals surface area contributed by atoms with E-state index in [1.54, 1.807) is 10.9 Å². The standard InChI is InChI=1S/C17H19N5OS.ClH/c1-12-3-4-13-14(11-12)24-16(20-13)21-15(23)17(5-8-18-9-6-17)22-10-2-7-19-22;/h2-4,7,10-11,18H,5-6,8-9H2,1H3,(H,20,21,23);1H. The van der Waals surface area contributed by atoms with Gasteiger partial charge in [-0.15, -0.1) is 12.4 Å². The first-order valence-electron chi connectivity index (χ1n) is 8.07. The van der Waals surface area contributed by atoms with Crippen LogP contribution in [0.25, 0.3) is 10.2 Å². The lowest BCUT2D eigenvalue weighted by Crippen LogP contribution is -2.52. The van der Waals surface area contributed by atoms with Gasteiger partial charge in [-0.05, 0) is 56.6 Å². The van der Waals surface area contributed by atoms with E-state index >= 15 is 0 Å². The highest BCUT2D eigenvalue weighted by molar-refractivity contribution is 7.22. The molecule has 0 aliphatic carbocycles. The number of anilines is 1. The Balaban J connectivity index is 0.00000182. The molecule has 25 heavy (non-hydrogen) atoms. The number of nitrogens with one attached hydrogen (secondary N) is 2. The monoisotopic (exact) mass is 377 g/mol. The largest absolute Gasteiger partial charge is 0.317 e. The lowest BCUT2D eigenvalue weighted by molar-refractivity contribution is -0.126. The Morgan fingerprint density at radius 3 is 2.88 bits per heavy atom. The average molecular weight is 378 g/mol. The predicted molar refractivity (Wildman–Crippen MR) is 103 cm³/mol. The van der Waals surface area contributed by atoms with Crippen LogP contribution >= 0.6 is 23.7 Å². The second-order valence-electron chi connectivity index (χ2n) is 6.18. The molecule has 1 aliphatic heterocycles. The van der Waals surface area contributed by atoms with Crippen molar-refractivity contribution in [1.82, 2.24) is 20.1 Å². The number of amides is 1. The van der Waals surface area contributed by atoms with Crippen LogP contribution in [-0.4, -0.2) is 33.8 Å². The Hall–Kier alpha value is -1.96. The van der Waals surface area contributed by atoms with E-state index in [0.717, 1.165) is 23.3 Å². The van der Waals surface area contributed by atoms with Crippen molar-refractivity contribution in [2.45, 2.75) is 25.3 Å². The van der Waals surface area contributed by atoms with E-state index in [-0.39, 0.29) is 18.3 Å². The summed E-state index contributed by atoms with van der Waals surface area (Å²) in [7, 11) is 0. The Kier molecular flexibility index (Phi) is 5.08. The number of fused-ring (bicyclic) bond motifs is 1. The van der Waals surface area contributed by atoms with Gasteiger partial charge >= 0.3 is 0 Å². The summed E-state index contributed by atoms with van der Waals surface area (Å²) in [6.07, 6.45) is 5.01. The summed E-state index contributed by atoms with van der Waals surface area (Å²) < 4.78 is 2.88. The normalized spacial score (nSPS) is 16.4. The highest BCUT2D eigenvalue weighted by Gasteiger charge is 2.42. The summed E-state index contributed by atoms with van der Waals surface area (Å²) in [4.78, 5) is 17.6. The maximum atomic E-state index is 13.1. The van der Waals surface area contributed by atoms with Crippen molar-refractivity contribution < 1.29 is 4.79 Å². The van der Waals surface area contributed by atoms with Crippen LogP contribution in [0.2, 0.25) is 0 Å². The molecular weight excluding hydrogens is 358 g/mol. The molecular formula is C17H20ClN5OS. The fourth-order valence-electron chi connectivity index (χ4n) is 3.22. The van der Waals surface area contributed by atoms with Crippen LogP contribution < -0.4 is 10.6 Å². The molecule has 0 saturated carbocycles. The maximum absolute atomic E-state index is 13.1. The minimum Gasteiger partial charge on any atom is -0.317 e. The van der Waals surface area contributed by atoms with Crippen molar-refractivity contribution in [2.75, 3.05) is 18.4 Å². The number of halogens is 1. The van der Waals surface area contributed by atoms with Crippen molar-refractivity contribution in [3.05, 3.63) is 42.2 Å². The molecule has 8 heteroatoms. The number of aromatic nitrogens is 3. The van der Waals surface area contributed by atoms with Gasteiger partial charge in [-0.3, -0.25) is 14.8 Å². The molecule has 3 aromatic rings. The topological polar surface area (TPSA) is 71.8 Å². The van der Waals surface area contributed by atoms with Crippen molar-refractivity contribution in [2.24, 2.45) is 0 Å². The van der Waals surface area contributed by atoms with Crippen LogP contribution in [0.1, 0.15) is 18.4 Å². The molecule has 6 nitrogen and oxygen atoms in total. The van der Waals surface area contributed by atoms with Gasteiger partial charge in [0, 0.05) is 12.4 Å². The van der Waals surface area contributed by atoms with Gasteiger partial charge in [-0.1, -0.05) is 17.4 Å². The number of rotatable bonds is 3. The van der Waals surface area contributed by atoms with Gasteiger partial charge < -0.3 is 5.32 Å². The number of carbonyl (C=O) groups is 1. The Bertz CT molecular complexity index is 870. The lowest BCUT2D eigenvalue weighted by atomic mass is 9.87. The number of piperidine rings is 1. The molecule has 1 fully saturated rings. The summed E-state index contributed by atoms with van der Waals surface area (Å²) in [5.74, 6) is -0.0384. The second kappa shape index (κ2) is 7.11. The van der Waals surface area contributed by atoms with Crippen LogP contribution in [0.4, 0.5) is 5.13 Å². The van der Waals surface area contributed by atoms with Gasteiger partial charge in [0.25, 0.3) is 5.91 Å². The number of nitrogens with zero attached hydrogens (tertiary/aromatic N) is 3. The summed E-state index contributed by atoms with van der Waals surface area (Å²) in [6.45, 7) is 3.65. The van der Waals surface area contributed by atoms with E-state index in [9.17, 15) is 4.79 Å². The summed E-state index contributed by atoms with van der Waals surface area (Å²) in [6, 6.07) is 7.98. The molecule has 2 N–H and O–H groups in total. The van der Waals surface area contributed by atoms with Crippen LogP contribution in [-0.2, 0) is 10.3 Å². The number of benzene rings is 1. The maximum Gasteiger partial charge on any atom is 0.254 e. The van der Waals surface area contributed by atoms with Gasteiger partial charge in [0.05, 0.1) is 10.2 Å². The first-order valence-corrected chi connectivity index (χ1v) is 8.89.